The van der Waals surface area contributed by atoms with Crippen molar-refractivity contribution < 1.29 is 22.6 Å². The lowest BCUT2D eigenvalue weighted by molar-refractivity contribution is -0.140. The van der Waals surface area contributed by atoms with E-state index in [0.717, 1.165) is 23.1 Å². The molecule has 0 amide bonds. The smallest absolute Gasteiger partial charge is 0.382 e. The van der Waals surface area contributed by atoms with Crippen LogP contribution >= 0.6 is 11.3 Å². The number of halogens is 3. The Morgan fingerprint density at radius 2 is 2.08 bits per heavy atom. The number of hydrogen-bond donors (Lipinski definition) is 2. The Kier molecular flexibility index (Phi) is 9.65. The minimum Gasteiger partial charge on any atom is -0.382 e. The summed E-state index contributed by atoms with van der Waals surface area (Å²) < 4.78 is 47.7. The van der Waals surface area contributed by atoms with Gasteiger partial charge in [-0.1, -0.05) is 0 Å². The quantitative estimate of drug-likeness (QED) is 0.377. The maximum atomic E-state index is 12.5. The lowest BCUT2D eigenvalue weighted by atomic mass is 10.4. The molecule has 2 N–H and O–H groups in total. The van der Waals surface area contributed by atoms with Crippen molar-refractivity contribution in [2.24, 2.45) is 4.99 Å². The molecular formula is C14H23F3N4O2S. The van der Waals surface area contributed by atoms with Crippen LogP contribution in [0.5, 0.6) is 0 Å². The van der Waals surface area contributed by atoms with Crippen LogP contribution in [0.25, 0.3) is 0 Å². The fraction of sp³-hybridized carbons (Fsp3) is 0.714. The fourth-order valence-corrected chi connectivity index (χ4v) is 2.35. The number of aliphatic imine (C=N–C) groups is 1. The maximum Gasteiger partial charge on any atom is 0.434 e. The molecule has 1 aromatic rings. The first-order valence-corrected chi connectivity index (χ1v) is 8.45. The summed E-state index contributed by atoms with van der Waals surface area (Å²) in [4.78, 5) is 7.79. The minimum absolute atomic E-state index is 0.0976. The summed E-state index contributed by atoms with van der Waals surface area (Å²) in [5.41, 5.74) is -0.871. The van der Waals surface area contributed by atoms with Gasteiger partial charge in [0.05, 0.1) is 19.8 Å². The lowest BCUT2D eigenvalue weighted by Crippen LogP contribution is -2.38. The number of hydrogen-bond acceptors (Lipinski definition) is 5. The van der Waals surface area contributed by atoms with Crippen molar-refractivity contribution in [3.05, 3.63) is 16.1 Å². The third-order valence-electron chi connectivity index (χ3n) is 2.75. The molecule has 0 aliphatic heterocycles. The standard InChI is InChI=1S/C14H23F3N4O2S/c1-3-18-13(19-5-4-6-23-8-7-22-2)20-9-12-21-11(10-24-12)14(15,16)17/h10H,3-9H2,1-2H3,(H2,18,19,20). The van der Waals surface area contributed by atoms with Crippen molar-refractivity contribution in [3.63, 3.8) is 0 Å². The molecule has 10 heteroatoms. The maximum absolute atomic E-state index is 12.5. The fourth-order valence-electron chi connectivity index (χ4n) is 1.63. The SMILES string of the molecule is CCNC(=NCc1nc(C(F)(F)F)cs1)NCCCOCCOC. The topological polar surface area (TPSA) is 67.8 Å². The van der Waals surface area contributed by atoms with Gasteiger partial charge in [0.2, 0.25) is 0 Å². The second-order valence-electron chi connectivity index (χ2n) is 4.70. The molecule has 0 aliphatic rings. The lowest BCUT2D eigenvalue weighted by Gasteiger charge is -2.11. The van der Waals surface area contributed by atoms with E-state index in [1.54, 1.807) is 7.11 Å². The molecule has 1 heterocycles. The second-order valence-corrected chi connectivity index (χ2v) is 5.65. The van der Waals surface area contributed by atoms with Crippen molar-refractivity contribution in [1.82, 2.24) is 15.6 Å². The van der Waals surface area contributed by atoms with Crippen LogP contribution < -0.4 is 10.6 Å². The number of guanidine groups is 1. The third kappa shape index (κ3) is 8.46. The molecule has 0 atom stereocenters. The van der Waals surface area contributed by atoms with Crippen LogP contribution in [0.4, 0.5) is 13.2 Å². The van der Waals surface area contributed by atoms with E-state index in [1.807, 2.05) is 6.92 Å². The Hall–Kier alpha value is -1.39. The molecule has 0 bridgehead atoms. The van der Waals surface area contributed by atoms with E-state index in [0.29, 0.717) is 43.9 Å². The number of nitrogens with one attached hydrogen (secondary N) is 2. The number of thiazole rings is 1. The summed E-state index contributed by atoms with van der Waals surface area (Å²) in [7, 11) is 1.62. The van der Waals surface area contributed by atoms with Crippen LogP contribution in [-0.4, -0.2) is 51.0 Å². The normalized spacial score (nSPS) is 12.5. The number of aromatic nitrogens is 1. The molecule has 0 aromatic carbocycles. The number of alkyl halides is 3. The number of ether oxygens (including phenoxy) is 2. The van der Waals surface area contributed by atoms with Crippen molar-refractivity contribution in [3.8, 4) is 0 Å². The molecular weight excluding hydrogens is 345 g/mol. The Morgan fingerprint density at radius 3 is 2.71 bits per heavy atom. The van der Waals surface area contributed by atoms with E-state index >= 15 is 0 Å². The van der Waals surface area contributed by atoms with E-state index in [9.17, 15) is 13.2 Å². The van der Waals surface area contributed by atoms with E-state index in [1.165, 1.54) is 0 Å². The average Bonchev–Trinajstić information content (AvgIpc) is 3.01. The summed E-state index contributed by atoms with van der Waals surface area (Å²) in [6.45, 7) is 5.02. The molecule has 138 valence electrons. The van der Waals surface area contributed by atoms with Crippen LogP contribution in [0.3, 0.4) is 0 Å². The highest BCUT2D eigenvalue weighted by atomic mass is 32.1. The van der Waals surface area contributed by atoms with Gasteiger partial charge in [-0.05, 0) is 13.3 Å². The average molecular weight is 368 g/mol. The third-order valence-corrected chi connectivity index (χ3v) is 3.58. The summed E-state index contributed by atoms with van der Waals surface area (Å²) in [6.07, 6.45) is -3.63. The monoisotopic (exact) mass is 368 g/mol. The van der Waals surface area contributed by atoms with Gasteiger partial charge in [0.15, 0.2) is 11.7 Å². The highest BCUT2D eigenvalue weighted by Crippen LogP contribution is 2.30. The summed E-state index contributed by atoms with van der Waals surface area (Å²) >= 11 is 0.950. The first-order chi connectivity index (χ1) is 11.5. The predicted molar refractivity (Wildman–Crippen MR) is 87.2 cm³/mol. The van der Waals surface area contributed by atoms with E-state index < -0.39 is 11.9 Å². The Morgan fingerprint density at radius 1 is 1.29 bits per heavy atom. The second kappa shape index (κ2) is 11.2. The molecule has 0 aliphatic carbocycles. The first kappa shape index (κ1) is 20.7. The Bertz CT molecular complexity index is 495. The molecule has 1 aromatic heterocycles. The number of rotatable bonds is 10. The highest BCUT2D eigenvalue weighted by molar-refractivity contribution is 7.09. The van der Waals surface area contributed by atoms with Gasteiger partial charge in [-0.2, -0.15) is 13.2 Å². The van der Waals surface area contributed by atoms with Gasteiger partial charge in [-0.15, -0.1) is 11.3 Å². The molecule has 6 nitrogen and oxygen atoms in total. The molecule has 0 spiro atoms. The Labute approximate surface area is 143 Å². The summed E-state index contributed by atoms with van der Waals surface area (Å²) in [6, 6.07) is 0. The molecule has 0 radical (unpaired) electrons. The summed E-state index contributed by atoms with van der Waals surface area (Å²) in [5.74, 6) is 0.540. The first-order valence-electron chi connectivity index (χ1n) is 7.57. The zero-order valence-corrected chi connectivity index (χ0v) is 14.6. The summed E-state index contributed by atoms with van der Waals surface area (Å²) in [5, 5.41) is 7.46. The largest absolute Gasteiger partial charge is 0.434 e. The van der Waals surface area contributed by atoms with E-state index in [4.69, 9.17) is 9.47 Å². The van der Waals surface area contributed by atoms with Crippen LogP contribution in [0.15, 0.2) is 10.4 Å². The molecule has 1 rings (SSSR count). The molecule has 0 saturated carbocycles. The van der Waals surface area contributed by atoms with Gasteiger partial charge in [0.25, 0.3) is 0 Å². The zero-order chi connectivity index (χ0) is 17.8. The van der Waals surface area contributed by atoms with Crippen LogP contribution in [0, 0.1) is 0 Å². The highest BCUT2D eigenvalue weighted by Gasteiger charge is 2.33. The Balaban J connectivity index is 2.38. The van der Waals surface area contributed by atoms with Crippen LogP contribution in [-0.2, 0) is 22.2 Å². The van der Waals surface area contributed by atoms with Crippen LogP contribution in [0.2, 0.25) is 0 Å². The van der Waals surface area contributed by atoms with Gasteiger partial charge >= 0.3 is 6.18 Å². The molecule has 0 unspecified atom stereocenters. The van der Waals surface area contributed by atoms with E-state index in [2.05, 4.69) is 20.6 Å². The molecule has 0 fully saturated rings. The van der Waals surface area contributed by atoms with Gasteiger partial charge < -0.3 is 20.1 Å². The van der Waals surface area contributed by atoms with Gasteiger partial charge in [0, 0.05) is 32.2 Å². The van der Waals surface area contributed by atoms with Crippen molar-refractivity contribution >= 4 is 17.3 Å². The van der Waals surface area contributed by atoms with Crippen molar-refractivity contribution in [1.29, 1.82) is 0 Å². The number of nitrogens with zero attached hydrogens (tertiary/aromatic N) is 2. The molecule has 24 heavy (non-hydrogen) atoms. The minimum atomic E-state index is -4.41. The van der Waals surface area contributed by atoms with Crippen LogP contribution in [0.1, 0.15) is 24.0 Å². The van der Waals surface area contributed by atoms with Gasteiger partial charge in [-0.25, -0.2) is 9.98 Å². The predicted octanol–water partition coefficient (Wildman–Crippen LogP) is 2.27. The zero-order valence-electron chi connectivity index (χ0n) is 13.8. The van der Waals surface area contributed by atoms with Gasteiger partial charge in [0.1, 0.15) is 5.01 Å². The van der Waals surface area contributed by atoms with Gasteiger partial charge in [-0.3, -0.25) is 0 Å². The van der Waals surface area contributed by atoms with Crippen molar-refractivity contribution in [2.45, 2.75) is 26.1 Å². The molecule has 0 saturated heterocycles. The van der Waals surface area contributed by atoms with E-state index in [-0.39, 0.29) is 6.54 Å². The van der Waals surface area contributed by atoms with Crippen molar-refractivity contribution in [2.75, 3.05) is 40.0 Å². The number of methoxy groups -OCH3 is 1.